The van der Waals surface area contributed by atoms with Gasteiger partial charge in [0.15, 0.2) is 6.61 Å². The Morgan fingerprint density at radius 1 is 1.37 bits per heavy atom. The van der Waals surface area contributed by atoms with Gasteiger partial charge in [-0.15, -0.1) is 0 Å². The zero-order valence-corrected chi connectivity index (χ0v) is 11.4. The molecule has 1 unspecified atom stereocenters. The lowest BCUT2D eigenvalue weighted by Gasteiger charge is -2.13. The zero-order valence-electron chi connectivity index (χ0n) is 11.4. The maximum Gasteiger partial charge on any atom is 0.258 e. The number of fused-ring (bicyclic) bond motifs is 1. The molecule has 0 saturated heterocycles. The zero-order chi connectivity index (χ0) is 13.2. The van der Waals surface area contributed by atoms with Crippen LogP contribution >= 0.6 is 0 Å². The molecule has 0 heterocycles. The summed E-state index contributed by atoms with van der Waals surface area (Å²) in [4.78, 5) is 11.8. The van der Waals surface area contributed by atoms with Crippen LogP contribution in [0, 0.1) is 5.92 Å². The van der Waals surface area contributed by atoms with Crippen LogP contribution in [-0.2, 0) is 17.6 Å². The Bertz CT molecular complexity index is 480. The third kappa shape index (κ3) is 3.09. The molecule has 1 aromatic rings. The molecule has 0 aliphatic heterocycles. The van der Waals surface area contributed by atoms with Crippen LogP contribution in [0.4, 0.5) is 0 Å². The van der Waals surface area contributed by atoms with Crippen LogP contribution in [0.3, 0.4) is 0 Å². The Balaban J connectivity index is 1.50. The van der Waals surface area contributed by atoms with Crippen molar-refractivity contribution in [2.45, 2.75) is 45.1 Å². The number of carbonyl (C=O) groups excluding carboxylic acids is 1. The van der Waals surface area contributed by atoms with Gasteiger partial charge in [0.1, 0.15) is 5.75 Å². The molecule has 3 nitrogen and oxygen atoms in total. The summed E-state index contributed by atoms with van der Waals surface area (Å²) >= 11 is 0. The molecule has 0 spiro atoms. The highest BCUT2D eigenvalue weighted by atomic mass is 16.5. The number of ether oxygens (including phenoxy) is 1. The van der Waals surface area contributed by atoms with Crippen molar-refractivity contribution in [2.24, 2.45) is 5.92 Å². The van der Waals surface area contributed by atoms with Crippen LogP contribution in [-0.4, -0.2) is 18.6 Å². The number of carbonyl (C=O) groups is 1. The Hall–Kier alpha value is -1.51. The van der Waals surface area contributed by atoms with Crippen LogP contribution in [0.15, 0.2) is 18.2 Å². The molecule has 1 amide bonds. The van der Waals surface area contributed by atoms with Gasteiger partial charge in [-0.1, -0.05) is 6.07 Å². The fourth-order valence-corrected chi connectivity index (χ4v) is 2.80. The highest BCUT2D eigenvalue weighted by molar-refractivity contribution is 5.77. The van der Waals surface area contributed by atoms with E-state index in [1.165, 1.54) is 36.8 Å². The second kappa shape index (κ2) is 5.24. The van der Waals surface area contributed by atoms with Crippen LogP contribution in [0.1, 0.15) is 37.3 Å². The van der Waals surface area contributed by atoms with Crippen molar-refractivity contribution in [2.75, 3.05) is 6.61 Å². The summed E-state index contributed by atoms with van der Waals surface area (Å²) in [6, 6.07) is 6.47. The Morgan fingerprint density at radius 3 is 2.95 bits per heavy atom. The second-order valence-electron chi connectivity index (χ2n) is 5.77. The van der Waals surface area contributed by atoms with Crippen LogP contribution in [0.25, 0.3) is 0 Å². The van der Waals surface area contributed by atoms with E-state index in [2.05, 4.69) is 24.4 Å². The molecule has 3 rings (SSSR count). The summed E-state index contributed by atoms with van der Waals surface area (Å²) in [5.41, 5.74) is 2.81. The number of rotatable bonds is 5. The topological polar surface area (TPSA) is 38.3 Å². The van der Waals surface area contributed by atoms with Gasteiger partial charge in [0.25, 0.3) is 5.91 Å². The van der Waals surface area contributed by atoms with Crippen LogP contribution in [0.5, 0.6) is 5.75 Å². The Labute approximate surface area is 114 Å². The monoisotopic (exact) mass is 259 g/mol. The van der Waals surface area contributed by atoms with Crippen molar-refractivity contribution in [3.63, 3.8) is 0 Å². The van der Waals surface area contributed by atoms with Crippen molar-refractivity contribution in [1.82, 2.24) is 5.32 Å². The highest BCUT2D eigenvalue weighted by Crippen LogP contribution is 2.32. The standard InChI is InChI=1S/C16H21NO2/c1-11(12-5-6-12)17-16(18)10-19-15-8-7-13-3-2-4-14(13)9-15/h7-9,11-12H,2-6,10H2,1H3,(H,17,18). The predicted octanol–water partition coefficient (Wildman–Crippen LogP) is 2.47. The van der Waals surface area contributed by atoms with Gasteiger partial charge in [-0.05, 0) is 68.2 Å². The fourth-order valence-electron chi connectivity index (χ4n) is 2.80. The number of benzene rings is 1. The minimum Gasteiger partial charge on any atom is -0.484 e. The van der Waals surface area contributed by atoms with Gasteiger partial charge in [0.05, 0.1) is 0 Å². The SMILES string of the molecule is CC(NC(=O)COc1ccc2c(c1)CCC2)C1CC1. The molecule has 0 bridgehead atoms. The van der Waals surface area contributed by atoms with E-state index in [1.54, 1.807) is 0 Å². The molecular weight excluding hydrogens is 238 g/mol. The molecule has 1 fully saturated rings. The van der Waals surface area contributed by atoms with E-state index in [1.807, 2.05) is 6.07 Å². The first-order valence-corrected chi connectivity index (χ1v) is 7.26. The molecule has 102 valence electrons. The Morgan fingerprint density at radius 2 is 2.16 bits per heavy atom. The summed E-state index contributed by atoms with van der Waals surface area (Å²) in [5, 5.41) is 3.00. The smallest absolute Gasteiger partial charge is 0.258 e. The highest BCUT2D eigenvalue weighted by Gasteiger charge is 2.28. The van der Waals surface area contributed by atoms with Crippen molar-refractivity contribution < 1.29 is 9.53 Å². The first-order valence-electron chi connectivity index (χ1n) is 7.26. The van der Waals surface area contributed by atoms with Crippen molar-refractivity contribution in [1.29, 1.82) is 0 Å². The molecule has 2 aliphatic carbocycles. The van der Waals surface area contributed by atoms with Crippen molar-refractivity contribution in [3.8, 4) is 5.75 Å². The van der Waals surface area contributed by atoms with E-state index in [-0.39, 0.29) is 18.6 Å². The van der Waals surface area contributed by atoms with Gasteiger partial charge in [0, 0.05) is 6.04 Å². The van der Waals surface area contributed by atoms with Gasteiger partial charge < -0.3 is 10.1 Å². The first-order chi connectivity index (χ1) is 9.22. The summed E-state index contributed by atoms with van der Waals surface area (Å²) < 4.78 is 5.58. The number of amides is 1. The fraction of sp³-hybridized carbons (Fsp3) is 0.562. The molecule has 2 aliphatic rings. The molecule has 1 saturated carbocycles. The molecule has 0 radical (unpaired) electrons. The van der Waals surface area contributed by atoms with Crippen LogP contribution in [0.2, 0.25) is 0 Å². The van der Waals surface area contributed by atoms with E-state index in [4.69, 9.17) is 4.74 Å². The maximum absolute atomic E-state index is 11.8. The number of hydrogen-bond acceptors (Lipinski definition) is 2. The number of hydrogen-bond donors (Lipinski definition) is 1. The van der Waals surface area contributed by atoms with Crippen LogP contribution < -0.4 is 10.1 Å². The molecule has 0 aromatic heterocycles. The largest absolute Gasteiger partial charge is 0.484 e. The third-order valence-electron chi connectivity index (χ3n) is 4.16. The van der Waals surface area contributed by atoms with Crippen molar-refractivity contribution >= 4 is 5.91 Å². The lowest BCUT2D eigenvalue weighted by molar-refractivity contribution is -0.123. The van der Waals surface area contributed by atoms with Crippen molar-refractivity contribution in [3.05, 3.63) is 29.3 Å². The molecular formula is C16H21NO2. The van der Waals surface area contributed by atoms with E-state index in [0.29, 0.717) is 5.92 Å². The summed E-state index contributed by atoms with van der Waals surface area (Å²) in [6.07, 6.45) is 6.03. The predicted molar refractivity (Wildman–Crippen MR) is 74.3 cm³/mol. The maximum atomic E-state index is 11.8. The summed E-state index contributed by atoms with van der Waals surface area (Å²) in [7, 11) is 0. The lowest BCUT2D eigenvalue weighted by Crippen LogP contribution is -2.37. The minimum atomic E-state index is -0.0140. The Kier molecular flexibility index (Phi) is 3.45. The molecule has 3 heteroatoms. The van der Waals surface area contributed by atoms with Gasteiger partial charge in [0.2, 0.25) is 0 Å². The minimum absolute atomic E-state index is 0.0140. The molecule has 19 heavy (non-hydrogen) atoms. The second-order valence-corrected chi connectivity index (χ2v) is 5.77. The van der Waals surface area contributed by atoms with Gasteiger partial charge in [-0.2, -0.15) is 0 Å². The average Bonchev–Trinajstić information content (AvgIpc) is 3.15. The van der Waals surface area contributed by atoms with Gasteiger partial charge in [-0.3, -0.25) is 4.79 Å². The summed E-state index contributed by atoms with van der Waals surface area (Å²) in [5.74, 6) is 1.48. The quantitative estimate of drug-likeness (QED) is 0.882. The molecule has 1 N–H and O–H groups in total. The average molecular weight is 259 g/mol. The van der Waals surface area contributed by atoms with E-state index < -0.39 is 0 Å². The molecule has 1 atom stereocenters. The normalized spacial score (nSPS) is 18.8. The van der Waals surface area contributed by atoms with Gasteiger partial charge >= 0.3 is 0 Å². The number of nitrogens with one attached hydrogen (secondary N) is 1. The third-order valence-corrected chi connectivity index (χ3v) is 4.16. The molecule has 1 aromatic carbocycles. The lowest BCUT2D eigenvalue weighted by atomic mass is 10.1. The summed E-state index contributed by atoms with van der Waals surface area (Å²) in [6.45, 7) is 2.20. The van der Waals surface area contributed by atoms with E-state index in [0.717, 1.165) is 12.2 Å². The van der Waals surface area contributed by atoms with Gasteiger partial charge in [-0.25, -0.2) is 0 Å². The van der Waals surface area contributed by atoms with E-state index in [9.17, 15) is 4.79 Å². The number of aryl methyl sites for hydroxylation is 2. The van der Waals surface area contributed by atoms with E-state index >= 15 is 0 Å². The first kappa shape index (κ1) is 12.5.